The number of hydrogen-bond donors (Lipinski definition) is 1. The number of halogens is 1. The summed E-state index contributed by atoms with van der Waals surface area (Å²) < 4.78 is 5.67. The van der Waals surface area contributed by atoms with E-state index in [4.69, 9.17) is 16.3 Å². The third-order valence-corrected chi connectivity index (χ3v) is 5.33. The SMILES string of the molecule is Cc1ccc(Cl)c(OC(C)C(=O)Nc2ccc(CN3C(=O)CSC3=O)cc2)c1. The van der Waals surface area contributed by atoms with E-state index in [0.717, 1.165) is 22.9 Å². The first kappa shape index (κ1) is 20.2. The fourth-order valence-corrected chi connectivity index (χ4v) is 3.49. The molecule has 3 amide bonds. The number of carbonyl (C=O) groups is 3. The highest BCUT2D eigenvalue weighted by Crippen LogP contribution is 2.26. The zero-order valence-electron chi connectivity index (χ0n) is 15.4. The van der Waals surface area contributed by atoms with Crippen LogP contribution in [-0.4, -0.2) is 33.8 Å². The Morgan fingerprint density at radius 1 is 1.25 bits per heavy atom. The summed E-state index contributed by atoms with van der Waals surface area (Å²) in [6, 6.07) is 12.3. The highest BCUT2D eigenvalue weighted by molar-refractivity contribution is 8.14. The molecule has 1 N–H and O–H groups in total. The molecule has 0 aromatic heterocycles. The molecule has 3 rings (SSSR count). The number of benzene rings is 2. The molecule has 1 aliphatic heterocycles. The lowest BCUT2D eigenvalue weighted by Crippen LogP contribution is -2.30. The standard InChI is InChI=1S/C20H19ClN2O4S/c1-12-3-8-16(21)17(9-12)27-13(2)19(25)22-15-6-4-14(5-7-15)10-23-18(24)11-28-20(23)26/h3-9,13H,10-11H2,1-2H3,(H,22,25). The lowest BCUT2D eigenvalue weighted by molar-refractivity contribution is -0.125. The maximum absolute atomic E-state index is 12.4. The summed E-state index contributed by atoms with van der Waals surface area (Å²) in [4.78, 5) is 36.9. The molecule has 8 heteroatoms. The van der Waals surface area contributed by atoms with Gasteiger partial charge in [-0.05, 0) is 49.2 Å². The van der Waals surface area contributed by atoms with Crippen LogP contribution in [0.15, 0.2) is 42.5 Å². The summed E-state index contributed by atoms with van der Waals surface area (Å²) in [5, 5.41) is 2.99. The Morgan fingerprint density at radius 3 is 2.61 bits per heavy atom. The molecule has 2 aromatic rings. The number of nitrogens with one attached hydrogen (secondary N) is 1. The van der Waals surface area contributed by atoms with E-state index in [1.165, 1.54) is 4.90 Å². The van der Waals surface area contributed by atoms with Gasteiger partial charge < -0.3 is 10.1 Å². The van der Waals surface area contributed by atoms with Crippen molar-refractivity contribution in [3.8, 4) is 5.75 Å². The highest BCUT2D eigenvalue weighted by Gasteiger charge is 2.29. The van der Waals surface area contributed by atoms with E-state index >= 15 is 0 Å². The number of anilines is 1. The molecule has 6 nitrogen and oxygen atoms in total. The first-order valence-electron chi connectivity index (χ1n) is 8.63. The van der Waals surface area contributed by atoms with Crippen LogP contribution in [0.25, 0.3) is 0 Å². The van der Waals surface area contributed by atoms with Crippen molar-refractivity contribution in [2.75, 3.05) is 11.1 Å². The molecule has 1 saturated heterocycles. The van der Waals surface area contributed by atoms with Gasteiger partial charge in [0.25, 0.3) is 11.1 Å². The van der Waals surface area contributed by atoms with Crippen LogP contribution in [0, 0.1) is 6.92 Å². The Labute approximate surface area is 172 Å². The van der Waals surface area contributed by atoms with Crippen LogP contribution in [0.5, 0.6) is 5.75 Å². The Kier molecular flexibility index (Phi) is 6.26. The molecule has 0 spiro atoms. The third-order valence-electron chi connectivity index (χ3n) is 4.16. The molecule has 28 heavy (non-hydrogen) atoms. The van der Waals surface area contributed by atoms with Crippen molar-refractivity contribution >= 4 is 46.1 Å². The van der Waals surface area contributed by atoms with Gasteiger partial charge in [0.1, 0.15) is 5.75 Å². The maximum Gasteiger partial charge on any atom is 0.289 e. The number of nitrogens with zero attached hydrogens (tertiary/aromatic N) is 1. The van der Waals surface area contributed by atoms with Gasteiger partial charge in [-0.15, -0.1) is 0 Å². The predicted molar refractivity (Wildman–Crippen MR) is 110 cm³/mol. The number of rotatable bonds is 6. The lowest BCUT2D eigenvalue weighted by Gasteiger charge is -2.16. The Bertz CT molecular complexity index is 901. The van der Waals surface area contributed by atoms with Crippen LogP contribution in [0.3, 0.4) is 0 Å². The summed E-state index contributed by atoms with van der Waals surface area (Å²) in [5.41, 5.74) is 2.38. The summed E-state index contributed by atoms with van der Waals surface area (Å²) in [5.74, 6) is 0.146. The summed E-state index contributed by atoms with van der Waals surface area (Å²) >= 11 is 7.11. The minimum Gasteiger partial charge on any atom is -0.479 e. The van der Waals surface area contributed by atoms with Crippen LogP contribution in [0.1, 0.15) is 18.1 Å². The number of thioether (sulfide) groups is 1. The molecule has 146 valence electrons. The summed E-state index contributed by atoms with van der Waals surface area (Å²) in [6.45, 7) is 3.78. The van der Waals surface area contributed by atoms with E-state index in [0.29, 0.717) is 16.5 Å². The highest BCUT2D eigenvalue weighted by atomic mass is 35.5. The van der Waals surface area contributed by atoms with Gasteiger partial charge in [0.2, 0.25) is 5.91 Å². The molecule has 1 atom stereocenters. The molecular formula is C20H19ClN2O4S. The molecule has 0 saturated carbocycles. The van der Waals surface area contributed by atoms with E-state index in [2.05, 4.69) is 5.32 Å². The van der Waals surface area contributed by atoms with E-state index < -0.39 is 6.10 Å². The van der Waals surface area contributed by atoms with Crippen molar-refractivity contribution in [1.29, 1.82) is 0 Å². The second kappa shape index (κ2) is 8.67. The van der Waals surface area contributed by atoms with Crippen molar-refractivity contribution in [3.05, 3.63) is 58.6 Å². The van der Waals surface area contributed by atoms with Crippen molar-refractivity contribution in [2.45, 2.75) is 26.5 Å². The van der Waals surface area contributed by atoms with Crippen LogP contribution < -0.4 is 10.1 Å². The maximum atomic E-state index is 12.4. The first-order valence-corrected chi connectivity index (χ1v) is 9.99. The average Bonchev–Trinajstić information content (AvgIpc) is 2.98. The Balaban J connectivity index is 1.58. The molecule has 1 heterocycles. The van der Waals surface area contributed by atoms with Gasteiger partial charge in [0.15, 0.2) is 6.10 Å². The minimum absolute atomic E-state index is 0.187. The largest absolute Gasteiger partial charge is 0.479 e. The second-order valence-corrected chi connectivity index (χ2v) is 7.75. The molecule has 1 aliphatic rings. The number of aryl methyl sites for hydroxylation is 1. The van der Waals surface area contributed by atoms with Gasteiger partial charge in [-0.3, -0.25) is 19.3 Å². The number of imide groups is 1. The van der Waals surface area contributed by atoms with E-state index in [-0.39, 0.29) is 29.4 Å². The van der Waals surface area contributed by atoms with Gasteiger partial charge in [0, 0.05) is 5.69 Å². The zero-order valence-corrected chi connectivity index (χ0v) is 17.0. The minimum atomic E-state index is -0.740. The zero-order chi connectivity index (χ0) is 20.3. The summed E-state index contributed by atoms with van der Waals surface area (Å²) in [7, 11) is 0. The third kappa shape index (κ3) is 4.85. The monoisotopic (exact) mass is 418 g/mol. The topological polar surface area (TPSA) is 75.7 Å². The van der Waals surface area contributed by atoms with Crippen molar-refractivity contribution < 1.29 is 19.1 Å². The molecular weight excluding hydrogens is 400 g/mol. The fourth-order valence-electron chi connectivity index (χ4n) is 2.60. The van der Waals surface area contributed by atoms with E-state index in [1.807, 2.05) is 13.0 Å². The van der Waals surface area contributed by atoms with Gasteiger partial charge in [-0.25, -0.2) is 0 Å². The van der Waals surface area contributed by atoms with Crippen LogP contribution in [-0.2, 0) is 16.1 Å². The van der Waals surface area contributed by atoms with E-state index in [1.54, 1.807) is 43.3 Å². The van der Waals surface area contributed by atoms with Gasteiger partial charge in [-0.1, -0.05) is 41.6 Å². The smallest absolute Gasteiger partial charge is 0.289 e. The molecule has 2 aromatic carbocycles. The van der Waals surface area contributed by atoms with Gasteiger partial charge in [0.05, 0.1) is 17.3 Å². The first-order chi connectivity index (χ1) is 13.3. The number of amides is 3. The van der Waals surface area contributed by atoms with Crippen LogP contribution in [0.4, 0.5) is 10.5 Å². The fraction of sp³-hybridized carbons (Fsp3) is 0.250. The quantitative estimate of drug-likeness (QED) is 0.758. The number of hydrogen-bond acceptors (Lipinski definition) is 5. The molecule has 1 unspecified atom stereocenters. The van der Waals surface area contributed by atoms with Gasteiger partial charge >= 0.3 is 0 Å². The summed E-state index contributed by atoms with van der Waals surface area (Å²) in [6.07, 6.45) is -0.740. The normalized spacial score (nSPS) is 14.9. The Hall–Kier alpha value is -2.51. The molecule has 0 radical (unpaired) electrons. The molecule has 0 aliphatic carbocycles. The second-order valence-electron chi connectivity index (χ2n) is 6.41. The molecule has 0 bridgehead atoms. The number of carbonyl (C=O) groups excluding carboxylic acids is 3. The van der Waals surface area contributed by atoms with Crippen molar-refractivity contribution in [2.24, 2.45) is 0 Å². The van der Waals surface area contributed by atoms with Crippen LogP contribution >= 0.6 is 23.4 Å². The van der Waals surface area contributed by atoms with Crippen molar-refractivity contribution in [1.82, 2.24) is 4.90 Å². The Morgan fingerprint density at radius 2 is 1.96 bits per heavy atom. The van der Waals surface area contributed by atoms with Crippen molar-refractivity contribution in [3.63, 3.8) is 0 Å². The van der Waals surface area contributed by atoms with Crippen LogP contribution in [0.2, 0.25) is 5.02 Å². The molecule has 1 fully saturated rings. The lowest BCUT2D eigenvalue weighted by atomic mass is 10.2. The number of ether oxygens (including phenoxy) is 1. The predicted octanol–water partition coefficient (Wildman–Crippen LogP) is 4.25. The average molecular weight is 419 g/mol. The van der Waals surface area contributed by atoms with E-state index in [9.17, 15) is 14.4 Å². The van der Waals surface area contributed by atoms with Gasteiger partial charge in [-0.2, -0.15) is 0 Å².